The lowest BCUT2D eigenvalue weighted by atomic mass is 9.93. The summed E-state index contributed by atoms with van der Waals surface area (Å²) in [5.41, 5.74) is 9.76. The van der Waals surface area contributed by atoms with E-state index in [0.717, 1.165) is 44.6 Å². The van der Waals surface area contributed by atoms with Crippen molar-refractivity contribution < 1.29 is 4.42 Å². The van der Waals surface area contributed by atoms with Crippen LogP contribution in [0.3, 0.4) is 0 Å². The van der Waals surface area contributed by atoms with E-state index < -0.39 is 0 Å². The highest BCUT2D eigenvalue weighted by Gasteiger charge is 2.24. The molecule has 0 radical (unpaired) electrons. The Labute approximate surface area is 333 Å². The molecule has 0 aliphatic rings. The summed E-state index contributed by atoms with van der Waals surface area (Å²) < 4.78 is 9.62. The Balaban J connectivity index is 1.15. The highest BCUT2D eigenvalue weighted by Crippen LogP contribution is 2.50. The zero-order chi connectivity index (χ0) is 37.5. The second kappa shape index (κ2) is 12.7. The fraction of sp³-hybridized carbons (Fsp3) is 0. The monoisotopic (exact) mass is 743 g/mol. The standard InChI is InChI=1S/C54H33NOS/c1-3-15-34(16-4-1)36-19-11-20-37(31-36)55(50-30-14-28-45-44-27-12-25-38(53(44)57-54(45)50)35-17-5-2-6-18-35)49-29-13-26-43-48-32-46-41-23-9-7-21-39(41)40-22-8-10-24-42(40)47(46)33-51(48)56-52(43)49/h1-33H. The molecule has 0 unspecified atom stereocenters. The lowest BCUT2D eigenvalue weighted by Gasteiger charge is -2.26. The predicted molar refractivity (Wildman–Crippen MR) is 245 cm³/mol. The number of hydrogen-bond acceptors (Lipinski definition) is 3. The van der Waals surface area contributed by atoms with Gasteiger partial charge in [0.15, 0.2) is 5.58 Å². The number of benzene rings is 10. The third-order valence-electron chi connectivity index (χ3n) is 11.6. The van der Waals surface area contributed by atoms with Crippen LogP contribution < -0.4 is 4.90 Å². The molecule has 0 spiro atoms. The molecular weight excluding hydrogens is 711 g/mol. The number of furan rings is 1. The van der Waals surface area contributed by atoms with Crippen molar-refractivity contribution in [1.82, 2.24) is 0 Å². The summed E-state index contributed by atoms with van der Waals surface area (Å²) in [5.74, 6) is 0. The van der Waals surface area contributed by atoms with Gasteiger partial charge in [-0.3, -0.25) is 0 Å². The summed E-state index contributed by atoms with van der Waals surface area (Å²) in [4.78, 5) is 2.42. The lowest BCUT2D eigenvalue weighted by Crippen LogP contribution is -2.10. The molecule has 0 atom stereocenters. The molecule has 0 saturated carbocycles. The van der Waals surface area contributed by atoms with Crippen molar-refractivity contribution in [2.24, 2.45) is 0 Å². The molecular formula is C54H33NOS. The molecule has 0 bridgehead atoms. The fourth-order valence-electron chi connectivity index (χ4n) is 9.05. The van der Waals surface area contributed by atoms with E-state index in [4.69, 9.17) is 4.42 Å². The molecule has 57 heavy (non-hydrogen) atoms. The molecule has 0 N–H and O–H groups in total. The van der Waals surface area contributed by atoms with Crippen LogP contribution in [0.15, 0.2) is 205 Å². The van der Waals surface area contributed by atoms with Crippen LogP contribution in [0.2, 0.25) is 0 Å². The first-order valence-electron chi connectivity index (χ1n) is 19.4. The van der Waals surface area contributed by atoms with Crippen molar-refractivity contribution >= 4 is 103 Å². The molecule has 10 aromatic carbocycles. The minimum Gasteiger partial charge on any atom is -0.454 e. The van der Waals surface area contributed by atoms with E-state index in [1.54, 1.807) is 0 Å². The predicted octanol–water partition coefficient (Wildman–Crippen LogP) is 16.2. The number of para-hydroxylation sites is 1. The van der Waals surface area contributed by atoms with E-state index in [1.165, 1.54) is 69.2 Å². The SMILES string of the molecule is c1ccc(-c2cccc(N(c3cccc4c3oc3cc5c6ccccc6c6ccccc6c5cc34)c3cccc4c3sc3c(-c5ccccc5)cccc34)c2)cc1. The molecule has 2 aromatic heterocycles. The molecule has 2 heterocycles. The average molecular weight is 744 g/mol. The molecule has 12 rings (SSSR count). The molecule has 0 saturated heterocycles. The van der Waals surface area contributed by atoms with E-state index >= 15 is 0 Å². The minimum atomic E-state index is 0.865. The van der Waals surface area contributed by atoms with Crippen molar-refractivity contribution in [2.75, 3.05) is 4.90 Å². The van der Waals surface area contributed by atoms with Gasteiger partial charge in [-0.25, -0.2) is 0 Å². The van der Waals surface area contributed by atoms with Crippen molar-refractivity contribution in [3.63, 3.8) is 0 Å². The van der Waals surface area contributed by atoms with Crippen molar-refractivity contribution in [3.05, 3.63) is 200 Å². The number of hydrogen-bond donors (Lipinski definition) is 0. The van der Waals surface area contributed by atoms with Crippen LogP contribution in [-0.2, 0) is 0 Å². The molecule has 3 heteroatoms. The Morgan fingerprint density at radius 3 is 1.58 bits per heavy atom. The maximum atomic E-state index is 7.10. The number of thiophene rings is 1. The lowest BCUT2D eigenvalue weighted by molar-refractivity contribution is 0.669. The summed E-state index contributed by atoms with van der Waals surface area (Å²) in [6, 6.07) is 72.5. The van der Waals surface area contributed by atoms with Crippen LogP contribution in [0.4, 0.5) is 17.1 Å². The largest absolute Gasteiger partial charge is 0.454 e. The molecule has 0 aliphatic carbocycles. The van der Waals surface area contributed by atoms with Gasteiger partial charge in [0.2, 0.25) is 0 Å². The van der Waals surface area contributed by atoms with Gasteiger partial charge in [0, 0.05) is 31.9 Å². The van der Waals surface area contributed by atoms with Crippen molar-refractivity contribution in [3.8, 4) is 22.3 Å². The van der Waals surface area contributed by atoms with Crippen molar-refractivity contribution in [1.29, 1.82) is 0 Å². The van der Waals surface area contributed by atoms with Gasteiger partial charge in [-0.05, 0) is 91.0 Å². The van der Waals surface area contributed by atoms with Crippen LogP contribution in [0.5, 0.6) is 0 Å². The highest BCUT2D eigenvalue weighted by molar-refractivity contribution is 7.27. The smallest absolute Gasteiger partial charge is 0.159 e. The first-order chi connectivity index (χ1) is 28.3. The van der Waals surface area contributed by atoms with Gasteiger partial charge in [-0.1, -0.05) is 164 Å². The first kappa shape index (κ1) is 32.1. The maximum Gasteiger partial charge on any atom is 0.159 e. The van der Waals surface area contributed by atoms with Gasteiger partial charge in [0.25, 0.3) is 0 Å². The van der Waals surface area contributed by atoms with Gasteiger partial charge >= 0.3 is 0 Å². The van der Waals surface area contributed by atoms with E-state index in [-0.39, 0.29) is 0 Å². The van der Waals surface area contributed by atoms with Gasteiger partial charge in [-0.2, -0.15) is 0 Å². The molecule has 0 amide bonds. The quantitative estimate of drug-likeness (QED) is 0.163. The van der Waals surface area contributed by atoms with Gasteiger partial charge in [-0.15, -0.1) is 11.3 Å². The Hall–Kier alpha value is -7.20. The number of rotatable bonds is 5. The average Bonchev–Trinajstić information content (AvgIpc) is 3.86. The summed E-state index contributed by atoms with van der Waals surface area (Å²) in [6.45, 7) is 0. The number of nitrogens with zero attached hydrogens (tertiary/aromatic N) is 1. The topological polar surface area (TPSA) is 16.4 Å². The summed E-state index contributed by atoms with van der Waals surface area (Å²) in [7, 11) is 0. The molecule has 266 valence electrons. The minimum absolute atomic E-state index is 0.865. The van der Waals surface area contributed by atoms with E-state index in [1.807, 2.05) is 11.3 Å². The van der Waals surface area contributed by atoms with Gasteiger partial charge in [0.05, 0.1) is 16.1 Å². The molecule has 0 aliphatic heterocycles. The first-order valence-corrected chi connectivity index (χ1v) is 20.2. The zero-order valence-electron chi connectivity index (χ0n) is 30.8. The van der Waals surface area contributed by atoms with E-state index in [2.05, 4.69) is 205 Å². The Kier molecular flexibility index (Phi) is 7.13. The second-order valence-electron chi connectivity index (χ2n) is 14.8. The fourth-order valence-corrected chi connectivity index (χ4v) is 10.4. The van der Waals surface area contributed by atoms with Crippen LogP contribution >= 0.6 is 11.3 Å². The molecule has 12 aromatic rings. The van der Waals surface area contributed by atoms with Crippen LogP contribution in [-0.4, -0.2) is 0 Å². The van der Waals surface area contributed by atoms with Crippen LogP contribution in [0, 0.1) is 0 Å². The van der Waals surface area contributed by atoms with Gasteiger partial charge < -0.3 is 9.32 Å². The third-order valence-corrected chi connectivity index (χ3v) is 12.9. The zero-order valence-corrected chi connectivity index (χ0v) is 31.6. The second-order valence-corrected chi connectivity index (χ2v) is 15.8. The third kappa shape index (κ3) is 4.96. The van der Waals surface area contributed by atoms with Crippen LogP contribution in [0.1, 0.15) is 0 Å². The van der Waals surface area contributed by atoms with E-state index in [0.29, 0.717) is 0 Å². The Morgan fingerprint density at radius 1 is 0.333 bits per heavy atom. The summed E-state index contributed by atoms with van der Waals surface area (Å²) >= 11 is 1.87. The number of anilines is 3. The summed E-state index contributed by atoms with van der Waals surface area (Å²) in [5, 5.41) is 12.2. The van der Waals surface area contributed by atoms with Crippen molar-refractivity contribution in [2.45, 2.75) is 0 Å². The normalized spacial score (nSPS) is 11.9. The molecule has 0 fully saturated rings. The van der Waals surface area contributed by atoms with Gasteiger partial charge in [0.1, 0.15) is 5.58 Å². The maximum absolute atomic E-state index is 7.10. The summed E-state index contributed by atoms with van der Waals surface area (Å²) in [6.07, 6.45) is 0. The van der Waals surface area contributed by atoms with Crippen LogP contribution in [0.25, 0.3) is 96.7 Å². The Bertz CT molecular complexity index is 3530. The number of fused-ring (bicyclic) bond motifs is 12. The molecule has 2 nitrogen and oxygen atoms in total. The highest BCUT2D eigenvalue weighted by atomic mass is 32.1. The Morgan fingerprint density at radius 2 is 0.860 bits per heavy atom. The van der Waals surface area contributed by atoms with E-state index in [9.17, 15) is 0 Å².